The lowest BCUT2D eigenvalue weighted by Crippen LogP contribution is -2.34. The molecule has 34 heavy (non-hydrogen) atoms. The highest BCUT2D eigenvalue weighted by Gasteiger charge is 2.60. The van der Waals surface area contributed by atoms with Crippen molar-refractivity contribution < 1.29 is 4.79 Å². The molecule has 2 aliphatic carbocycles. The Bertz CT molecular complexity index is 1230. The first-order valence-electron chi connectivity index (χ1n) is 11.7. The molecule has 0 saturated heterocycles. The Morgan fingerprint density at radius 2 is 1.88 bits per heavy atom. The average Bonchev–Trinajstić information content (AvgIpc) is 3.41. The number of hydrazone groups is 1. The van der Waals surface area contributed by atoms with Crippen LogP contribution in [-0.2, 0) is 4.79 Å². The standard InChI is InChI=1S/C26H30N6OS/c1-17-5-7-20(8-6-17)32-23(18-10-13-27-14-11-18)30-31-24(32)34-16-22(33)29-28-21-15-19-9-12-26(21,4)25(19,2)3/h5-8,10-11,13-14,19H,9,12,15-16H2,1-4H3,(H,29,33)/b28-21+. The normalized spacial score (nSPS) is 24.0. The van der Waals surface area contributed by atoms with E-state index in [1.807, 2.05) is 28.8 Å². The van der Waals surface area contributed by atoms with Gasteiger partial charge in [0.2, 0.25) is 0 Å². The van der Waals surface area contributed by atoms with Crippen LogP contribution in [0.4, 0.5) is 0 Å². The molecule has 1 amide bonds. The van der Waals surface area contributed by atoms with E-state index in [2.05, 4.69) is 65.5 Å². The summed E-state index contributed by atoms with van der Waals surface area (Å²) in [5.74, 6) is 1.44. The van der Waals surface area contributed by atoms with Gasteiger partial charge in [-0.2, -0.15) is 5.10 Å². The Balaban J connectivity index is 1.33. The van der Waals surface area contributed by atoms with E-state index in [1.54, 1.807) is 12.4 Å². The number of benzene rings is 1. The number of nitrogens with zero attached hydrogens (tertiary/aromatic N) is 5. The Labute approximate surface area is 204 Å². The topological polar surface area (TPSA) is 85.1 Å². The molecule has 2 saturated carbocycles. The lowest BCUT2D eigenvalue weighted by molar-refractivity contribution is -0.118. The molecule has 3 aromatic rings. The van der Waals surface area contributed by atoms with Crippen molar-refractivity contribution in [1.82, 2.24) is 25.2 Å². The molecular formula is C26H30N6OS. The number of pyridine rings is 1. The van der Waals surface area contributed by atoms with Gasteiger partial charge in [0.15, 0.2) is 11.0 Å². The summed E-state index contributed by atoms with van der Waals surface area (Å²) in [5, 5.41) is 14.1. The highest BCUT2D eigenvalue weighted by Crippen LogP contribution is 2.63. The molecule has 2 fully saturated rings. The fourth-order valence-electron chi connectivity index (χ4n) is 5.37. The first kappa shape index (κ1) is 22.8. The van der Waals surface area contributed by atoms with Crippen LogP contribution in [0.5, 0.6) is 0 Å². The minimum atomic E-state index is -0.134. The molecule has 2 atom stereocenters. The highest BCUT2D eigenvalue weighted by atomic mass is 32.2. The second-order valence-electron chi connectivity index (χ2n) is 10.1. The number of fused-ring (bicyclic) bond motifs is 2. The summed E-state index contributed by atoms with van der Waals surface area (Å²) in [4.78, 5) is 16.8. The molecule has 2 bridgehead atoms. The molecule has 1 aromatic carbocycles. The Morgan fingerprint density at radius 1 is 1.15 bits per heavy atom. The third-order valence-electron chi connectivity index (χ3n) is 8.02. The van der Waals surface area contributed by atoms with Crippen molar-refractivity contribution >= 4 is 23.4 Å². The molecule has 2 aromatic heterocycles. The predicted molar refractivity (Wildman–Crippen MR) is 135 cm³/mol. The van der Waals surface area contributed by atoms with Gasteiger partial charge < -0.3 is 0 Å². The molecule has 2 heterocycles. The molecule has 1 N–H and O–H groups in total. The van der Waals surface area contributed by atoms with Crippen molar-refractivity contribution in [3.8, 4) is 17.1 Å². The van der Waals surface area contributed by atoms with Crippen LogP contribution in [0.1, 0.15) is 45.6 Å². The van der Waals surface area contributed by atoms with Crippen LogP contribution in [0.15, 0.2) is 59.0 Å². The summed E-state index contributed by atoms with van der Waals surface area (Å²) in [6.45, 7) is 9.02. The van der Waals surface area contributed by atoms with E-state index < -0.39 is 0 Å². The maximum absolute atomic E-state index is 12.7. The zero-order valence-electron chi connectivity index (χ0n) is 20.1. The maximum Gasteiger partial charge on any atom is 0.250 e. The largest absolute Gasteiger partial charge is 0.272 e. The van der Waals surface area contributed by atoms with E-state index in [0.717, 1.165) is 29.8 Å². The molecule has 8 heteroatoms. The van der Waals surface area contributed by atoms with Crippen LogP contribution < -0.4 is 5.43 Å². The van der Waals surface area contributed by atoms with Crippen molar-refractivity contribution in [3.05, 3.63) is 54.4 Å². The molecule has 176 valence electrons. The van der Waals surface area contributed by atoms with E-state index in [9.17, 15) is 4.79 Å². The van der Waals surface area contributed by atoms with Crippen LogP contribution in [0.25, 0.3) is 17.1 Å². The van der Waals surface area contributed by atoms with E-state index in [4.69, 9.17) is 0 Å². The van der Waals surface area contributed by atoms with Gasteiger partial charge in [-0.25, -0.2) is 5.43 Å². The first-order chi connectivity index (χ1) is 16.3. The number of hydrogen-bond donors (Lipinski definition) is 1. The van der Waals surface area contributed by atoms with Gasteiger partial charge in [0.25, 0.3) is 5.91 Å². The lowest BCUT2D eigenvalue weighted by atomic mass is 9.70. The fourth-order valence-corrected chi connectivity index (χ4v) is 6.11. The Kier molecular flexibility index (Phi) is 5.80. The lowest BCUT2D eigenvalue weighted by Gasteiger charge is -2.34. The Morgan fingerprint density at radius 3 is 2.53 bits per heavy atom. The van der Waals surface area contributed by atoms with Gasteiger partial charge in [-0.3, -0.25) is 14.3 Å². The monoisotopic (exact) mass is 474 g/mol. The van der Waals surface area contributed by atoms with Gasteiger partial charge >= 0.3 is 0 Å². The van der Waals surface area contributed by atoms with Gasteiger partial charge in [-0.15, -0.1) is 10.2 Å². The number of aryl methyl sites for hydroxylation is 1. The van der Waals surface area contributed by atoms with Crippen molar-refractivity contribution in [2.24, 2.45) is 21.8 Å². The third kappa shape index (κ3) is 3.83. The summed E-state index contributed by atoms with van der Waals surface area (Å²) < 4.78 is 1.98. The Hall–Kier alpha value is -3.00. The summed E-state index contributed by atoms with van der Waals surface area (Å²) in [5.41, 5.74) is 7.29. The van der Waals surface area contributed by atoms with Crippen LogP contribution in [0.3, 0.4) is 0 Å². The zero-order valence-corrected chi connectivity index (χ0v) is 20.9. The molecule has 2 aliphatic rings. The summed E-state index contributed by atoms with van der Waals surface area (Å²) in [6, 6.07) is 12.0. The van der Waals surface area contributed by atoms with Crippen LogP contribution >= 0.6 is 11.8 Å². The molecule has 0 aliphatic heterocycles. The van der Waals surface area contributed by atoms with Crippen LogP contribution in [-0.4, -0.2) is 37.1 Å². The van der Waals surface area contributed by atoms with Gasteiger partial charge in [-0.1, -0.05) is 50.2 Å². The minimum Gasteiger partial charge on any atom is -0.272 e. The van der Waals surface area contributed by atoms with Crippen molar-refractivity contribution in [1.29, 1.82) is 0 Å². The molecule has 0 spiro atoms. The van der Waals surface area contributed by atoms with Crippen LogP contribution in [0, 0.1) is 23.7 Å². The fraction of sp³-hybridized carbons (Fsp3) is 0.423. The minimum absolute atomic E-state index is 0.0726. The van der Waals surface area contributed by atoms with E-state index in [-0.39, 0.29) is 22.5 Å². The number of thioether (sulfide) groups is 1. The quantitative estimate of drug-likeness (QED) is 0.399. The smallest absolute Gasteiger partial charge is 0.250 e. The van der Waals surface area contributed by atoms with Gasteiger partial charge in [0, 0.05) is 34.8 Å². The number of rotatable bonds is 6. The van der Waals surface area contributed by atoms with Gasteiger partial charge in [0.05, 0.1) is 5.75 Å². The van der Waals surface area contributed by atoms with Gasteiger partial charge in [-0.05, 0) is 61.8 Å². The van der Waals surface area contributed by atoms with Crippen molar-refractivity contribution in [2.45, 2.75) is 52.1 Å². The second kappa shape index (κ2) is 8.65. The molecule has 2 unspecified atom stereocenters. The highest BCUT2D eigenvalue weighted by molar-refractivity contribution is 7.99. The number of carbonyl (C=O) groups is 1. The third-order valence-corrected chi connectivity index (χ3v) is 8.95. The van der Waals surface area contributed by atoms with Crippen LogP contribution in [0.2, 0.25) is 0 Å². The number of nitrogens with one attached hydrogen (secondary N) is 1. The van der Waals surface area contributed by atoms with E-state index >= 15 is 0 Å². The van der Waals surface area contributed by atoms with Crippen molar-refractivity contribution in [2.75, 3.05) is 5.75 Å². The number of amides is 1. The summed E-state index contributed by atoms with van der Waals surface area (Å²) in [6.07, 6.45) is 6.85. The molecule has 7 nitrogen and oxygen atoms in total. The zero-order chi connectivity index (χ0) is 23.9. The molecule has 0 radical (unpaired) electrons. The number of carbonyl (C=O) groups excluding carboxylic acids is 1. The molecular weight excluding hydrogens is 444 g/mol. The van der Waals surface area contributed by atoms with Crippen molar-refractivity contribution in [3.63, 3.8) is 0 Å². The first-order valence-corrected chi connectivity index (χ1v) is 12.7. The summed E-state index contributed by atoms with van der Waals surface area (Å²) in [7, 11) is 0. The van der Waals surface area contributed by atoms with E-state index in [0.29, 0.717) is 16.9 Å². The SMILES string of the molecule is Cc1ccc(-n2c(SCC(=O)N/N=C3\CC4CCC3(C)C4(C)C)nnc2-c2ccncc2)cc1. The molecule has 5 rings (SSSR count). The van der Waals surface area contributed by atoms with Gasteiger partial charge in [0.1, 0.15) is 0 Å². The number of hydrogen-bond acceptors (Lipinski definition) is 6. The second-order valence-corrected chi connectivity index (χ2v) is 11.0. The average molecular weight is 475 g/mol. The predicted octanol–water partition coefficient (Wildman–Crippen LogP) is 5.05. The number of aromatic nitrogens is 4. The maximum atomic E-state index is 12.7. The summed E-state index contributed by atoms with van der Waals surface area (Å²) >= 11 is 1.36. The van der Waals surface area contributed by atoms with E-state index in [1.165, 1.54) is 23.7 Å².